The first-order valence-corrected chi connectivity index (χ1v) is 11.5. The zero-order valence-corrected chi connectivity index (χ0v) is 16.7. The van der Waals surface area contributed by atoms with Crippen LogP contribution in [0, 0.1) is 0 Å². The van der Waals surface area contributed by atoms with Crippen molar-refractivity contribution in [2.45, 2.75) is 22.0 Å². The Labute approximate surface area is 165 Å². The van der Waals surface area contributed by atoms with Crippen molar-refractivity contribution < 1.29 is 22.0 Å². The molecule has 3 rings (SSSR count). The van der Waals surface area contributed by atoms with Gasteiger partial charge < -0.3 is 4.90 Å². The molecular formula is C17H18F2N2O3S3. The lowest BCUT2D eigenvalue weighted by Gasteiger charge is -2.22. The van der Waals surface area contributed by atoms with Crippen molar-refractivity contribution in [1.29, 1.82) is 0 Å². The van der Waals surface area contributed by atoms with E-state index in [0.717, 1.165) is 11.3 Å². The molecular weight excluding hydrogens is 414 g/mol. The second kappa shape index (κ2) is 8.68. The number of nitrogens with zero attached hydrogens (tertiary/aromatic N) is 2. The summed E-state index contributed by atoms with van der Waals surface area (Å²) in [5.41, 5.74) is 0. The maximum Gasteiger partial charge on any atom is 0.288 e. The fraction of sp³-hybridized carbons (Fsp3) is 0.353. The minimum absolute atomic E-state index is 0.172. The summed E-state index contributed by atoms with van der Waals surface area (Å²) in [5.74, 6) is -2.92. The Hall–Kier alpha value is -1.49. The van der Waals surface area contributed by atoms with Gasteiger partial charge in [0.2, 0.25) is 10.0 Å². The first-order chi connectivity index (χ1) is 12.9. The lowest BCUT2D eigenvalue weighted by atomic mass is 10.3. The van der Waals surface area contributed by atoms with E-state index in [1.54, 1.807) is 40.6 Å². The van der Waals surface area contributed by atoms with Crippen LogP contribution in [0.2, 0.25) is 0 Å². The second-order valence-corrected chi connectivity index (χ2v) is 9.74. The summed E-state index contributed by atoms with van der Waals surface area (Å²) in [6, 6.07) is 9.68. The number of thioether (sulfide) groups is 1. The average Bonchev–Trinajstić information content (AvgIpc) is 2.94. The predicted octanol–water partition coefficient (Wildman–Crippen LogP) is 3.60. The van der Waals surface area contributed by atoms with Crippen LogP contribution < -0.4 is 0 Å². The lowest BCUT2D eigenvalue weighted by molar-refractivity contribution is 0.0766. The Kier molecular flexibility index (Phi) is 6.51. The summed E-state index contributed by atoms with van der Waals surface area (Å²) in [5, 5.41) is 1.61. The number of amides is 1. The minimum atomic E-state index is -3.62. The maximum atomic E-state index is 12.8. The molecule has 0 unspecified atom stereocenters. The van der Waals surface area contributed by atoms with Gasteiger partial charge in [0.05, 0.1) is 4.90 Å². The van der Waals surface area contributed by atoms with Gasteiger partial charge in [-0.2, -0.15) is 13.1 Å². The summed E-state index contributed by atoms with van der Waals surface area (Å²) >= 11 is 1.48. The molecule has 1 saturated heterocycles. The van der Waals surface area contributed by atoms with Crippen LogP contribution in [-0.2, 0) is 10.0 Å². The number of rotatable bonds is 5. The van der Waals surface area contributed by atoms with Crippen LogP contribution >= 0.6 is 23.1 Å². The van der Waals surface area contributed by atoms with E-state index in [1.807, 2.05) is 0 Å². The van der Waals surface area contributed by atoms with Crippen LogP contribution in [0.1, 0.15) is 16.1 Å². The molecule has 1 amide bonds. The molecule has 0 saturated carbocycles. The number of thiophene rings is 1. The topological polar surface area (TPSA) is 57.7 Å². The summed E-state index contributed by atoms with van der Waals surface area (Å²) in [4.78, 5) is 15.1. The number of alkyl halides is 2. The Bertz CT molecular complexity index is 888. The van der Waals surface area contributed by atoms with Crippen molar-refractivity contribution in [2.24, 2.45) is 0 Å². The van der Waals surface area contributed by atoms with Crippen molar-refractivity contribution in [2.75, 3.05) is 26.2 Å². The Balaban J connectivity index is 1.72. The first-order valence-electron chi connectivity index (χ1n) is 8.26. The SMILES string of the molecule is O=C(c1sccc1SC(F)F)N1CCCN(S(=O)(=O)c2ccccc2)CC1. The molecule has 2 heterocycles. The zero-order valence-electron chi connectivity index (χ0n) is 14.3. The van der Waals surface area contributed by atoms with E-state index < -0.39 is 15.8 Å². The molecule has 10 heteroatoms. The van der Waals surface area contributed by atoms with E-state index in [4.69, 9.17) is 0 Å². The third-order valence-electron chi connectivity index (χ3n) is 4.16. The molecule has 1 aliphatic heterocycles. The van der Waals surface area contributed by atoms with Crippen LogP contribution in [0.3, 0.4) is 0 Å². The lowest BCUT2D eigenvalue weighted by Crippen LogP contribution is -2.37. The van der Waals surface area contributed by atoms with Gasteiger partial charge in [0.15, 0.2) is 0 Å². The molecule has 146 valence electrons. The van der Waals surface area contributed by atoms with Gasteiger partial charge in [-0.25, -0.2) is 8.42 Å². The molecule has 0 atom stereocenters. The molecule has 1 aliphatic rings. The van der Waals surface area contributed by atoms with E-state index in [9.17, 15) is 22.0 Å². The second-order valence-electron chi connectivity index (χ2n) is 5.86. The quantitative estimate of drug-likeness (QED) is 0.678. The number of sulfonamides is 1. The molecule has 1 aromatic heterocycles. The van der Waals surface area contributed by atoms with Crippen LogP contribution in [0.4, 0.5) is 8.78 Å². The van der Waals surface area contributed by atoms with Gasteiger partial charge in [-0.05, 0) is 30.0 Å². The highest BCUT2D eigenvalue weighted by Gasteiger charge is 2.29. The third-order valence-corrected chi connectivity index (χ3v) is 7.88. The fourth-order valence-electron chi connectivity index (χ4n) is 2.86. The molecule has 2 aromatic rings. The van der Waals surface area contributed by atoms with Crippen LogP contribution in [0.15, 0.2) is 51.6 Å². The standard InChI is InChI=1S/C17H18F2N2O3S3/c18-17(19)26-14-7-12-25-15(14)16(22)20-8-4-9-21(11-10-20)27(23,24)13-5-2-1-3-6-13/h1-3,5-7,12,17H,4,8-11H2. The first kappa shape index (κ1) is 20.2. The van der Waals surface area contributed by atoms with Crippen molar-refractivity contribution >= 4 is 39.0 Å². The van der Waals surface area contributed by atoms with Crippen molar-refractivity contribution in [3.05, 3.63) is 46.7 Å². The van der Waals surface area contributed by atoms with Crippen molar-refractivity contribution in [3.63, 3.8) is 0 Å². The van der Waals surface area contributed by atoms with Crippen molar-refractivity contribution in [3.8, 4) is 0 Å². The van der Waals surface area contributed by atoms with E-state index >= 15 is 0 Å². The van der Waals surface area contributed by atoms with Gasteiger partial charge in [-0.1, -0.05) is 30.0 Å². The third kappa shape index (κ3) is 4.68. The van der Waals surface area contributed by atoms with E-state index in [1.165, 1.54) is 10.4 Å². The number of halogens is 2. The van der Waals surface area contributed by atoms with Crippen LogP contribution in [-0.4, -0.2) is 55.5 Å². The number of carbonyl (C=O) groups is 1. The molecule has 5 nitrogen and oxygen atoms in total. The average molecular weight is 433 g/mol. The number of hydrogen-bond acceptors (Lipinski definition) is 5. The number of carbonyl (C=O) groups excluding carboxylic acids is 1. The summed E-state index contributed by atoms with van der Waals surface area (Å²) < 4.78 is 52.2. The predicted molar refractivity (Wildman–Crippen MR) is 102 cm³/mol. The normalized spacial score (nSPS) is 16.5. The highest BCUT2D eigenvalue weighted by molar-refractivity contribution is 7.99. The van der Waals surface area contributed by atoms with E-state index in [-0.39, 0.29) is 33.7 Å². The van der Waals surface area contributed by atoms with Gasteiger partial charge in [-0.3, -0.25) is 4.79 Å². The Morgan fingerprint density at radius 1 is 1.07 bits per heavy atom. The molecule has 27 heavy (non-hydrogen) atoms. The molecule has 0 spiro atoms. The zero-order chi connectivity index (χ0) is 19.4. The molecule has 0 N–H and O–H groups in total. The van der Waals surface area contributed by atoms with Gasteiger partial charge >= 0.3 is 0 Å². The van der Waals surface area contributed by atoms with Gasteiger partial charge in [-0.15, -0.1) is 11.3 Å². The Morgan fingerprint density at radius 2 is 1.81 bits per heavy atom. The van der Waals surface area contributed by atoms with Crippen LogP contribution in [0.25, 0.3) is 0 Å². The molecule has 0 radical (unpaired) electrons. The smallest absolute Gasteiger partial charge is 0.288 e. The van der Waals surface area contributed by atoms with Crippen LogP contribution in [0.5, 0.6) is 0 Å². The maximum absolute atomic E-state index is 12.8. The van der Waals surface area contributed by atoms with Gasteiger partial charge in [0, 0.05) is 31.1 Å². The molecule has 1 fully saturated rings. The summed E-state index contributed by atoms with van der Waals surface area (Å²) in [6.45, 7) is 1.09. The van der Waals surface area contributed by atoms with E-state index in [2.05, 4.69) is 0 Å². The molecule has 0 bridgehead atoms. The van der Waals surface area contributed by atoms with Gasteiger partial charge in [0.1, 0.15) is 4.88 Å². The van der Waals surface area contributed by atoms with Gasteiger partial charge in [0.25, 0.3) is 11.7 Å². The summed E-state index contributed by atoms with van der Waals surface area (Å²) in [7, 11) is -3.62. The number of benzene rings is 1. The highest BCUT2D eigenvalue weighted by Crippen LogP contribution is 2.33. The molecule has 1 aromatic carbocycles. The number of hydrogen-bond donors (Lipinski definition) is 0. The Morgan fingerprint density at radius 3 is 2.52 bits per heavy atom. The monoisotopic (exact) mass is 432 g/mol. The molecule has 0 aliphatic carbocycles. The van der Waals surface area contributed by atoms with E-state index in [0.29, 0.717) is 31.3 Å². The largest absolute Gasteiger partial charge is 0.337 e. The highest BCUT2D eigenvalue weighted by atomic mass is 32.2. The minimum Gasteiger partial charge on any atom is -0.337 e. The van der Waals surface area contributed by atoms with Crippen molar-refractivity contribution in [1.82, 2.24) is 9.21 Å². The fourth-order valence-corrected chi connectivity index (χ4v) is 6.02. The summed E-state index contributed by atoms with van der Waals surface area (Å²) in [6.07, 6.45) is 0.487.